The molecule has 0 aliphatic rings. The van der Waals surface area contributed by atoms with E-state index in [0.29, 0.717) is 5.92 Å². The molecule has 3 heteroatoms. The summed E-state index contributed by atoms with van der Waals surface area (Å²) in [5.74, 6) is 0.498. The van der Waals surface area contributed by atoms with Gasteiger partial charge < -0.3 is 5.73 Å². The monoisotopic (exact) mass is 240 g/mol. The Bertz CT molecular complexity index is 311. The van der Waals surface area contributed by atoms with Crippen LogP contribution in [0.25, 0.3) is 0 Å². The predicted octanol–water partition coefficient (Wildman–Crippen LogP) is 4.02. The molecule has 0 radical (unpaired) electrons. The van der Waals surface area contributed by atoms with E-state index in [0.717, 1.165) is 30.7 Å². The lowest BCUT2D eigenvalue weighted by atomic mass is 9.90. The Hall–Kier alpha value is -0.410. The van der Waals surface area contributed by atoms with Crippen LogP contribution in [0.15, 0.2) is 5.38 Å². The summed E-state index contributed by atoms with van der Waals surface area (Å²) in [5.41, 5.74) is 7.49. The molecule has 0 atom stereocenters. The summed E-state index contributed by atoms with van der Waals surface area (Å²) < 4.78 is 0. The number of nitrogens with two attached hydrogens (primary N) is 1. The highest BCUT2D eigenvalue weighted by Gasteiger charge is 2.28. The Morgan fingerprint density at radius 2 is 1.88 bits per heavy atom. The first-order chi connectivity index (χ1) is 7.53. The SMILES string of the molecule is CCCC(N)(CCC)c1nc(C(C)C)cs1. The first-order valence-corrected chi connectivity index (χ1v) is 7.16. The standard InChI is InChI=1S/C13H24N2S/c1-5-7-13(14,8-6-2)12-15-11(9-16-12)10(3)4/h9-10H,5-8,14H2,1-4H3. The fraction of sp³-hybridized carbons (Fsp3) is 0.769. The van der Waals surface area contributed by atoms with Crippen molar-refractivity contribution in [3.05, 3.63) is 16.1 Å². The highest BCUT2D eigenvalue weighted by molar-refractivity contribution is 7.09. The fourth-order valence-electron chi connectivity index (χ4n) is 2.01. The molecule has 0 amide bonds. The van der Waals surface area contributed by atoms with Gasteiger partial charge in [0.15, 0.2) is 0 Å². The number of hydrogen-bond donors (Lipinski definition) is 1. The van der Waals surface area contributed by atoms with Gasteiger partial charge in [-0.2, -0.15) is 0 Å². The van der Waals surface area contributed by atoms with Gasteiger partial charge in [0.05, 0.1) is 11.2 Å². The molecule has 16 heavy (non-hydrogen) atoms. The van der Waals surface area contributed by atoms with Gasteiger partial charge in [-0.15, -0.1) is 11.3 Å². The summed E-state index contributed by atoms with van der Waals surface area (Å²) >= 11 is 1.73. The smallest absolute Gasteiger partial charge is 0.113 e. The number of thiazole rings is 1. The van der Waals surface area contributed by atoms with E-state index in [1.54, 1.807) is 11.3 Å². The van der Waals surface area contributed by atoms with Gasteiger partial charge in [0.25, 0.3) is 0 Å². The van der Waals surface area contributed by atoms with Crippen molar-refractivity contribution in [3.8, 4) is 0 Å². The van der Waals surface area contributed by atoms with Crippen LogP contribution in [-0.2, 0) is 5.54 Å². The Labute approximate surface area is 103 Å². The fourth-order valence-corrected chi connectivity index (χ4v) is 3.17. The molecule has 1 heterocycles. The Morgan fingerprint density at radius 1 is 1.31 bits per heavy atom. The first kappa shape index (κ1) is 13.7. The van der Waals surface area contributed by atoms with Gasteiger partial charge in [-0.05, 0) is 18.8 Å². The molecule has 1 aromatic heterocycles. The summed E-state index contributed by atoms with van der Waals surface area (Å²) in [5, 5.41) is 3.28. The number of hydrogen-bond acceptors (Lipinski definition) is 3. The molecule has 92 valence electrons. The van der Waals surface area contributed by atoms with E-state index in [9.17, 15) is 0 Å². The maximum Gasteiger partial charge on any atom is 0.113 e. The molecule has 0 unspecified atom stereocenters. The minimum absolute atomic E-state index is 0.193. The molecule has 0 aliphatic heterocycles. The van der Waals surface area contributed by atoms with Gasteiger partial charge in [-0.1, -0.05) is 40.5 Å². The van der Waals surface area contributed by atoms with Crippen LogP contribution in [-0.4, -0.2) is 4.98 Å². The topological polar surface area (TPSA) is 38.9 Å². The van der Waals surface area contributed by atoms with Crippen LogP contribution in [0.1, 0.15) is 70.0 Å². The van der Waals surface area contributed by atoms with Crippen LogP contribution in [0, 0.1) is 0 Å². The third-order valence-electron chi connectivity index (χ3n) is 2.93. The van der Waals surface area contributed by atoms with Crippen molar-refractivity contribution in [2.75, 3.05) is 0 Å². The molecule has 1 aromatic rings. The highest BCUT2D eigenvalue weighted by atomic mass is 32.1. The average Bonchev–Trinajstić information content (AvgIpc) is 2.67. The van der Waals surface area contributed by atoms with E-state index in [2.05, 4.69) is 33.1 Å². The summed E-state index contributed by atoms with van der Waals surface area (Å²) in [6.07, 6.45) is 4.30. The van der Waals surface area contributed by atoms with E-state index in [4.69, 9.17) is 10.7 Å². The van der Waals surface area contributed by atoms with Crippen molar-refractivity contribution in [1.29, 1.82) is 0 Å². The lowest BCUT2D eigenvalue weighted by Crippen LogP contribution is -2.36. The zero-order valence-electron chi connectivity index (χ0n) is 10.9. The van der Waals surface area contributed by atoms with Crippen LogP contribution < -0.4 is 5.73 Å². The normalized spacial score (nSPS) is 12.4. The number of nitrogens with zero attached hydrogens (tertiary/aromatic N) is 1. The Kier molecular flexibility index (Phi) is 4.93. The summed E-state index contributed by atoms with van der Waals surface area (Å²) in [6.45, 7) is 8.73. The molecular formula is C13H24N2S. The Morgan fingerprint density at radius 3 is 2.25 bits per heavy atom. The van der Waals surface area contributed by atoms with Crippen LogP contribution in [0.2, 0.25) is 0 Å². The molecule has 0 bridgehead atoms. The molecule has 0 saturated heterocycles. The molecule has 0 spiro atoms. The quantitative estimate of drug-likeness (QED) is 0.815. The second kappa shape index (κ2) is 5.78. The number of aromatic nitrogens is 1. The van der Waals surface area contributed by atoms with Gasteiger partial charge >= 0.3 is 0 Å². The van der Waals surface area contributed by atoms with Crippen molar-refractivity contribution in [2.24, 2.45) is 5.73 Å². The van der Waals surface area contributed by atoms with Gasteiger partial charge in [0, 0.05) is 5.38 Å². The van der Waals surface area contributed by atoms with Crippen molar-refractivity contribution in [1.82, 2.24) is 4.98 Å². The summed E-state index contributed by atoms with van der Waals surface area (Å²) in [7, 11) is 0. The van der Waals surface area contributed by atoms with Crippen molar-refractivity contribution in [2.45, 2.75) is 64.8 Å². The highest BCUT2D eigenvalue weighted by Crippen LogP contribution is 2.32. The zero-order chi connectivity index (χ0) is 12.2. The lowest BCUT2D eigenvalue weighted by Gasteiger charge is -2.26. The summed E-state index contributed by atoms with van der Waals surface area (Å²) in [4.78, 5) is 4.71. The molecule has 1 rings (SSSR count). The maximum absolute atomic E-state index is 6.50. The van der Waals surface area contributed by atoms with E-state index in [1.165, 1.54) is 5.69 Å². The largest absolute Gasteiger partial charge is 0.319 e. The third kappa shape index (κ3) is 3.05. The van der Waals surface area contributed by atoms with E-state index in [-0.39, 0.29) is 5.54 Å². The molecule has 0 fully saturated rings. The molecule has 2 N–H and O–H groups in total. The van der Waals surface area contributed by atoms with E-state index < -0.39 is 0 Å². The van der Waals surface area contributed by atoms with Gasteiger partial charge in [0.2, 0.25) is 0 Å². The Balaban J connectivity index is 2.92. The zero-order valence-corrected chi connectivity index (χ0v) is 11.7. The molecular weight excluding hydrogens is 216 g/mol. The third-order valence-corrected chi connectivity index (χ3v) is 4.01. The van der Waals surface area contributed by atoms with Gasteiger partial charge in [-0.3, -0.25) is 0 Å². The van der Waals surface area contributed by atoms with Crippen LogP contribution in [0.4, 0.5) is 0 Å². The van der Waals surface area contributed by atoms with Crippen LogP contribution >= 0.6 is 11.3 Å². The van der Waals surface area contributed by atoms with Gasteiger partial charge in [-0.25, -0.2) is 4.98 Å². The minimum atomic E-state index is -0.193. The lowest BCUT2D eigenvalue weighted by molar-refractivity contribution is 0.367. The second-order valence-electron chi connectivity index (χ2n) is 4.89. The predicted molar refractivity (Wildman–Crippen MR) is 71.9 cm³/mol. The molecule has 2 nitrogen and oxygen atoms in total. The van der Waals surface area contributed by atoms with Crippen molar-refractivity contribution in [3.63, 3.8) is 0 Å². The summed E-state index contributed by atoms with van der Waals surface area (Å²) in [6, 6.07) is 0. The molecule has 0 aliphatic carbocycles. The van der Waals surface area contributed by atoms with E-state index >= 15 is 0 Å². The molecule has 0 saturated carbocycles. The van der Waals surface area contributed by atoms with Crippen molar-refractivity contribution < 1.29 is 0 Å². The van der Waals surface area contributed by atoms with Crippen LogP contribution in [0.5, 0.6) is 0 Å². The van der Waals surface area contributed by atoms with Crippen molar-refractivity contribution >= 4 is 11.3 Å². The van der Waals surface area contributed by atoms with E-state index in [1.807, 2.05) is 0 Å². The van der Waals surface area contributed by atoms with Crippen LogP contribution in [0.3, 0.4) is 0 Å². The second-order valence-corrected chi connectivity index (χ2v) is 5.75. The number of rotatable bonds is 6. The maximum atomic E-state index is 6.50. The average molecular weight is 240 g/mol. The molecule has 0 aromatic carbocycles. The van der Waals surface area contributed by atoms with Gasteiger partial charge in [0.1, 0.15) is 5.01 Å². The first-order valence-electron chi connectivity index (χ1n) is 6.28. The minimum Gasteiger partial charge on any atom is -0.319 e.